The Morgan fingerprint density at radius 2 is 2.00 bits per heavy atom. The molecule has 1 aliphatic rings. The average molecular weight is 419 g/mol. The predicted octanol–water partition coefficient (Wildman–Crippen LogP) is 5.05. The van der Waals surface area contributed by atoms with Gasteiger partial charge in [0.05, 0.1) is 14.2 Å². The van der Waals surface area contributed by atoms with E-state index in [0.717, 1.165) is 30.8 Å². The number of ether oxygens (including phenoxy) is 2. The van der Waals surface area contributed by atoms with Crippen LogP contribution >= 0.6 is 0 Å². The summed E-state index contributed by atoms with van der Waals surface area (Å²) in [7, 11) is 3.10. The van der Waals surface area contributed by atoms with Crippen LogP contribution in [0.2, 0.25) is 0 Å². The van der Waals surface area contributed by atoms with Crippen molar-refractivity contribution in [2.45, 2.75) is 32.2 Å². The lowest BCUT2D eigenvalue weighted by Gasteiger charge is -2.25. The summed E-state index contributed by atoms with van der Waals surface area (Å²) in [6.45, 7) is 4.31. The van der Waals surface area contributed by atoms with E-state index in [0.29, 0.717) is 6.04 Å². The molecule has 1 saturated heterocycles. The quantitative estimate of drug-likeness (QED) is 0.431. The highest BCUT2D eigenvalue weighted by atomic mass is 16.5. The van der Waals surface area contributed by atoms with Crippen molar-refractivity contribution in [1.29, 1.82) is 0 Å². The number of esters is 1. The van der Waals surface area contributed by atoms with E-state index < -0.39 is 0 Å². The summed E-state index contributed by atoms with van der Waals surface area (Å²) in [5, 5.41) is 1.26. The van der Waals surface area contributed by atoms with Crippen LogP contribution in [0.5, 0.6) is 5.75 Å². The molecule has 1 fully saturated rings. The fourth-order valence-electron chi connectivity index (χ4n) is 4.60. The largest absolute Gasteiger partial charge is 0.497 e. The number of methoxy groups -OCH3 is 2. The monoisotopic (exact) mass is 418 g/mol. The van der Waals surface area contributed by atoms with Gasteiger partial charge in [-0.2, -0.15) is 0 Å². The Morgan fingerprint density at radius 3 is 2.74 bits per heavy atom. The van der Waals surface area contributed by atoms with Crippen molar-refractivity contribution in [1.82, 2.24) is 9.88 Å². The van der Waals surface area contributed by atoms with Gasteiger partial charge in [-0.05, 0) is 73.7 Å². The maximum absolute atomic E-state index is 11.3. The molecule has 1 aromatic heterocycles. The minimum atomic E-state index is -0.337. The third-order valence-electron chi connectivity index (χ3n) is 6.27. The molecule has 1 aliphatic heterocycles. The second kappa shape index (κ2) is 9.40. The van der Waals surface area contributed by atoms with Crippen LogP contribution in [0.25, 0.3) is 17.0 Å². The Kier molecular flexibility index (Phi) is 6.42. The van der Waals surface area contributed by atoms with Crippen LogP contribution in [0.1, 0.15) is 41.3 Å². The normalized spacial score (nSPS) is 16.9. The molecule has 0 aliphatic carbocycles. The van der Waals surface area contributed by atoms with Gasteiger partial charge in [0, 0.05) is 35.3 Å². The number of carbonyl (C=O) groups excluding carboxylic acids is 1. The van der Waals surface area contributed by atoms with Crippen molar-refractivity contribution in [3.8, 4) is 5.75 Å². The van der Waals surface area contributed by atoms with E-state index in [1.54, 1.807) is 13.2 Å². The third kappa shape index (κ3) is 4.67. The molecule has 5 nitrogen and oxygen atoms in total. The molecule has 0 saturated carbocycles. The molecule has 31 heavy (non-hydrogen) atoms. The first kappa shape index (κ1) is 21.2. The van der Waals surface area contributed by atoms with Crippen LogP contribution in [-0.2, 0) is 16.0 Å². The van der Waals surface area contributed by atoms with Crippen LogP contribution < -0.4 is 4.74 Å². The Bertz CT molecular complexity index is 1080. The molecule has 1 atom stereocenters. The fraction of sp³-hybridized carbons (Fsp3) is 0.346. The molecular weight excluding hydrogens is 388 g/mol. The molecule has 2 heterocycles. The average Bonchev–Trinajstić information content (AvgIpc) is 3.39. The molecule has 0 spiro atoms. The van der Waals surface area contributed by atoms with Crippen LogP contribution in [-0.4, -0.2) is 43.2 Å². The lowest BCUT2D eigenvalue weighted by molar-refractivity contribution is -0.134. The maximum Gasteiger partial charge on any atom is 0.330 e. The minimum absolute atomic E-state index is 0.337. The highest BCUT2D eigenvalue weighted by Crippen LogP contribution is 2.33. The predicted molar refractivity (Wildman–Crippen MR) is 124 cm³/mol. The number of likely N-dealkylation sites (tertiary alicyclic amines) is 1. The zero-order valence-electron chi connectivity index (χ0n) is 18.5. The van der Waals surface area contributed by atoms with Gasteiger partial charge in [-0.25, -0.2) is 4.79 Å². The van der Waals surface area contributed by atoms with Crippen LogP contribution in [0.4, 0.5) is 0 Å². The Hall–Kier alpha value is -3.05. The van der Waals surface area contributed by atoms with E-state index in [2.05, 4.69) is 57.9 Å². The summed E-state index contributed by atoms with van der Waals surface area (Å²) in [5.41, 5.74) is 6.12. The Morgan fingerprint density at radius 1 is 1.19 bits per heavy atom. The number of carbonyl (C=O) groups is 1. The fourth-order valence-corrected chi connectivity index (χ4v) is 4.60. The molecule has 1 unspecified atom stereocenters. The zero-order chi connectivity index (χ0) is 21.8. The van der Waals surface area contributed by atoms with E-state index in [-0.39, 0.29) is 5.97 Å². The highest BCUT2D eigenvalue weighted by Gasteiger charge is 2.26. The number of nitrogens with zero attached hydrogens (tertiary/aromatic N) is 1. The van der Waals surface area contributed by atoms with Gasteiger partial charge in [0.1, 0.15) is 5.75 Å². The minimum Gasteiger partial charge on any atom is -0.497 e. The lowest BCUT2D eigenvalue weighted by atomic mass is 10.0. The standard InChI is InChI=1S/C26H30N2O3/c1-18-22(23-17-21(30-2)11-12-24(23)27-18)14-16-28-15-4-5-25(28)20-9-6-19(7-10-20)8-13-26(29)31-3/h6-13,17,25,27H,4-5,14-16H2,1-3H3. The molecule has 0 amide bonds. The molecule has 0 bridgehead atoms. The number of rotatable bonds is 7. The van der Waals surface area contributed by atoms with Gasteiger partial charge in [-0.1, -0.05) is 24.3 Å². The van der Waals surface area contributed by atoms with E-state index in [1.807, 2.05) is 6.07 Å². The Labute approximate surface area is 183 Å². The zero-order valence-corrected chi connectivity index (χ0v) is 18.5. The van der Waals surface area contributed by atoms with Crippen molar-refractivity contribution in [3.63, 3.8) is 0 Å². The number of hydrogen-bond acceptors (Lipinski definition) is 4. The van der Waals surface area contributed by atoms with Gasteiger partial charge in [0.2, 0.25) is 0 Å². The van der Waals surface area contributed by atoms with Crippen molar-refractivity contribution >= 4 is 22.9 Å². The number of nitrogens with one attached hydrogen (secondary N) is 1. The first-order valence-corrected chi connectivity index (χ1v) is 10.8. The van der Waals surface area contributed by atoms with Gasteiger partial charge in [0.15, 0.2) is 0 Å². The van der Waals surface area contributed by atoms with Gasteiger partial charge in [-0.15, -0.1) is 0 Å². The highest BCUT2D eigenvalue weighted by molar-refractivity contribution is 5.87. The molecule has 0 radical (unpaired) electrons. The SMILES string of the molecule is COC(=O)C=Cc1ccc(C2CCCN2CCc2c(C)[nH]c3ccc(OC)cc23)cc1. The number of aromatic amines is 1. The number of aromatic nitrogens is 1. The molecule has 4 rings (SSSR count). The summed E-state index contributed by atoms with van der Waals surface area (Å²) in [6.07, 6.45) is 6.65. The van der Waals surface area contributed by atoms with Crippen LogP contribution in [0, 0.1) is 6.92 Å². The molecular formula is C26H30N2O3. The maximum atomic E-state index is 11.3. The smallest absolute Gasteiger partial charge is 0.330 e. The number of H-pyrrole nitrogens is 1. The first-order chi connectivity index (χ1) is 15.1. The van der Waals surface area contributed by atoms with Crippen LogP contribution in [0.3, 0.4) is 0 Å². The van der Waals surface area contributed by atoms with Crippen molar-refractivity contribution < 1.29 is 14.3 Å². The van der Waals surface area contributed by atoms with E-state index in [1.165, 1.54) is 53.8 Å². The topological polar surface area (TPSA) is 54.6 Å². The van der Waals surface area contributed by atoms with E-state index in [4.69, 9.17) is 4.74 Å². The summed E-state index contributed by atoms with van der Waals surface area (Å²) in [6, 6.07) is 15.2. The number of aryl methyl sites for hydroxylation is 1. The molecule has 1 N–H and O–H groups in total. The van der Waals surface area contributed by atoms with Crippen molar-refractivity contribution in [2.75, 3.05) is 27.3 Å². The van der Waals surface area contributed by atoms with Crippen molar-refractivity contribution in [2.24, 2.45) is 0 Å². The number of hydrogen-bond donors (Lipinski definition) is 1. The molecule has 5 heteroatoms. The first-order valence-electron chi connectivity index (χ1n) is 10.8. The van der Waals surface area contributed by atoms with E-state index in [9.17, 15) is 4.79 Å². The second-order valence-electron chi connectivity index (χ2n) is 8.11. The van der Waals surface area contributed by atoms with E-state index >= 15 is 0 Å². The van der Waals surface area contributed by atoms with Gasteiger partial charge in [0.25, 0.3) is 0 Å². The summed E-state index contributed by atoms with van der Waals surface area (Å²) >= 11 is 0. The molecule has 2 aromatic carbocycles. The summed E-state index contributed by atoms with van der Waals surface area (Å²) in [5.74, 6) is 0.560. The lowest BCUT2D eigenvalue weighted by Crippen LogP contribution is -2.25. The Balaban J connectivity index is 1.46. The molecule has 3 aromatic rings. The summed E-state index contributed by atoms with van der Waals surface area (Å²) < 4.78 is 10.1. The number of fused-ring (bicyclic) bond motifs is 1. The molecule has 162 valence electrons. The third-order valence-corrected chi connectivity index (χ3v) is 6.27. The second-order valence-corrected chi connectivity index (χ2v) is 8.11. The van der Waals surface area contributed by atoms with Gasteiger partial charge < -0.3 is 14.5 Å². The van der Waals surface area contributed by atoms with Gasteiger partial charge >= 0.3 is 5.97 Å². The number of benzene rings is 2. The van der Waals surface area contributed by atoms with Gasteiger partial charge in [-0.3, -0.25) is 4.90 Å². The van der Waals surface area contributed by atoms with Crippen LogP contribution in [0.15, 0.2) is 48.5 Å². The van der Waals surface area contributed by atoms with Crippen molar-refractivity contribution in [3.05, 3.63) is 70.9 Å². The summed E-state index contributed by atoms with van der Waals surface area (Å²) in [4.78, 5) is 17.4.